The van der Waals surface area contributed by atoms with Gasteiger partial charge in [0.05, 0.1) is 4.90 Å². The molecule has 1 aromatic carbocycles. The fourth-order valence-electron chi connectivity index (χ4n) is 4.43. The average Bonchev–Trinajstić information content (AvgIpc) is 3.35. The van der Waals surface area contributed by atoms with Crippen LogP contribution in [0.2, 0.25) is 0 Å². The van der Waals surface area contributed by atoms with Crippen molar-refractivity contribution in [3.63, 3.8) is 0 Å². The van der Waals surface area contributed by atoms with Gasteiger partial charge in [0.25, 0.3) is 10.1 Å². The molecule has 3 fully saturated rings. The predicted octanol–water partition coefficient (Wildman–Crippen LogP) is 2.67. The summed E-state index contributed by atoms with van der Waals surface area (Å²) in [5.74, 6) is 5.77. The number of fused-ring (bicyclic) bond motifs is 1. The number of hydrogen-bond donors (Lipinski definition) is 2. The zero-order valence-corrected chi connectivity index (χ0v) is 18.0. The number of aliphatic hydroxyl groups is 1. The van der Waals surface area contributed by atoms with Crippen LogP contribution in [0, 0.1) is 17.8 Å². The Morgan fingerprint density at radius 2 is 1.80 bits per heavy atom. The molecule has 2 aliphatic heterocycles. The third kappa shape index (κ3) is 4.42. The van der Waals surface area contributed by atoms with Crippen molar-refractivity contribution in [3.05, 3.63) is 29.8 Å². The summed E-state index contributed by atoms with van der Waals surface area (Å²) >= 11 is 0. The van der Waals surface area contributed by atoms with E-state index in [4.69, 9.17) is 18.8 Å². The van der Waals surface area contributed by atoms with E-state index >= 15 is 0 Å². The zero-order chi connectivity index (χ0) is 21.6. The van der Waals surface area contributed by atoms with Gasteiger partial charge in [-0.25, -0.2) is 0 Å². The van der Waals surface area contributed by atoms with E-state index in [1.54, 1.807) is 26.0 Å². The van der Waals surface area contributed by atoms with Crippen LogP contribution in [0.25, 0.3) is 0 Å². The lowest BCUT2D eigenvalue weighted by atomic mass is 9.88. The van der Waals surface area contributed by atoms with Crippen LogP contribution in [-0.2, 0) is 30.7 Å². The molecule has 4 rings (SSSR count). The molecule has 0 amide bonds. The van der Waals surface area contributed by atoms with Crippen LogP contribution in [0.15, 0.2) is 29.2 Å². The number of rotatable bonds is 4. The Morgan fingerprint density at radius 1 is 1.13 bits per heavy atom. The summed E-state index contributed by atoms with van der Waals surface area (Å²) in [6, 6.07) is 5.99. The van der Waals surface area contributed by atoms with E-state index in [1.807, 2.05) is 0 Å². The van der Waals surface area contributed by atoms with Crippen molar-refractivity contribution in [2.45, 2.75) is 87.2 Å². The Balaban J connectivity index is 1.51. The SMILES string of the molecule is CC1(C)O[C@H]2OC(CCc3ccc(S(=O)(=O)O)cc3)[C@](O)(C#CC3CCCC3)[C@H]2O1. The third-order valence-electron chi connectivity index (χ3n) is 6.03. The first-order valence-corrected chi connectivity index (χ1v) is 11.8. The first-order chi connectivity index (χ1) is 14.1. The lowest BCUT2D eigenvalue weighted by molar-refractivity contribution is -0.222. The van der Waals surface area contributed by atoms with Crippen molar-refractivity contribution < 1.29 is 32.3 Å². The van der Waals surface area contributed by atoms with Crippen molar-refractivity contribution in [3.8, 4) is 11.8 Å². The van der Waals surface area contributed by atoms with Crippen LogP contribution >= 0.6 is 0 Å². The second-order valence-corrected chi connectivity index (χ2v) is 10.2. The minimum Gasteiger partial charge on any atom is -0.372 e. The standard InChI is InChI=1S/C22H28O7S/c1-21(2)28-19-20(29-21)27-18(22(19,23)14-13-15-5-3-4-6-15)12-9-16-7-10-17(11-8-16)30(24,25)26/h7-8,10-11,15,18-20,23H,3-6,9,12H2,1-2H3,(H,24,25,26)/t18?,19-,20+,22+/m0/s1. The lowest BCUT2D eigenvalue weighted by Gasteiger charge is -2.29. The van der Waals surface area contributed by atoms with Crippen LogP contribution in [0.1, 0.15) is 51.5 Å². The summed E-state index contributed by atoms with van der Waals surface area (Å²) in [6.07, 6.45) is 3.44. The van der Waals surface area contributed by atoms with E-state index in [-0.39, 0.29) is 10.8 Å². The minimum absolute atomic E-state index is 0.152. The van der Waals surface area contributed by atoms with Crippen molar-refractivity contribution in [2.75, 3.05) is 0 Å². The molecule has 7 nitrogen and oxygen atoms in total. The van der Waals surface area contributed by atoms with Crippen LogP contribution in [0.4, 0.5) is 0 Å². The van der Waals surface area contributed by atoms with Crippen LogP contribution in [0.3, 0.4) is 0 Å². The molecular formula is C22H28O7S. The molecule has 4 atom stereocenters. The van der Waals surface area contributed by atoms with Gasteiger partial charge in [0.1, 0.15) is 6.10 Å². The fourth-order valence-corrected chi connectivity index (χ4v) is 4.91. The maximum absolute atomic E-state index is 11.5. The van der Waals surface area contributed by atoms with Gasteiger partial charge in [-0.05, 0) is 57.2 Å². The quantitative estimate of drug-likeness (QED) is 0.553. The topological polar surface area (TPSA) is 102 Å². The highest BCUT2D eigenvalue weighted by atomic mass is 32.2. The van der Waals surface area contributed by atoms with Gasteiger partial charge in [-0.1, -0.05) is 36.8 Å². The van der Waals surface area contributed by atoms with Crippen LogP contribution < -0.4 is 0 Å². The maximum atomic E-state index is 11.5. The average molecular weight is 437 g/mol. The first-order valence-electron chi connectivity index (χ1n) is 10.4. The van der Waals surface area contributed by atoms with Crippen molar-refractivity contribution in [2.24, 2.45) is 5.92 Å². The first kappa shape index (κ1) is 21.8. The van der Waals surface area contributed by atoms with Gasteiger partial charge in [-0.15, -0.1) is 0 Å². The van der Waals surface area contributed by atoms with Crippen molar-refractivity contribution in [1.82, 2.24) is 0 Å². The zero-order valence-electron chi connectivity index (χ0n) is 17.2. The highest BCUT2D eigenvalue weighted by molar-refractivity contribution is 7.85. The molecule has 8 heteroatoms. The number of aryl methyl sites for hydroxylation is 1. The molecular weight excluding hydrogens is 408 g/mol. The molecule has 164 valence electrons. The highest BCUT2D eigenvalue weighted by Gasteiger charge is 2.62. The fraction of sp³-hybridized carbons (Fsp3) is 0.636. The van der Waals surface area contributed by atoms with Gasteiger partial charge < -0.3 is 19.3 Å². The summed E-state index contributed by atoms with van der Waals surface area (Å²) in [5, 5.41) is 11.5. The van der Waals surface area contributed by atoms with E-state index < -0.39 is 40.0 Å². The Morgan fingerprint density at radius 3 is 2.43 bits per heavy atom. The van der Waals surface area contributed by atoms with Crippen molar-refractivity contribution >= 4 is 10.1 Å². The number of benzene rings is 1. The van der Waals surface area contributed by atoms with Crippen LogP contribution in [0.5, 0.6) is 0 Å². The van der Waals surface area contributed by atoms with E-state index in [2.05, 4.69) is 11.8 Å². The van der Waals surface area contributed by atoms with Gasteiger partial charge in [-0.2, -0.15) is 8.42 Å². The van der Waals surface area contributed by atoms with E-state index in [1.165, 1.54) is 12.1 Å². The molecule has 0 spiro atoms. The predicted molar refractivity (Wildman–Crippen MR) is 108 cm³/mol. The molecule has 0 aromatic heterocycles. The van der Waals surface area contributed by atoms with Crippen molar-refractivity contribution in [1.29, 1.82) is 0 Å². The van der Waals surface area contributed by atoms with Gasteiger partial charge in [0.2, 0.25) is 0 Å². The molecule has 2 heterocycles. The normalized spacial score (nSPS) is 33.3. The Labute approximate surface area is 177 Å². The van der Waals surface area contributed by atoms with E-state index in [0.29, 0.717) is 12.8 Å². The summed E-state index contributed by atoms with van der Waals surface area (Å²) in [6.45, 7) is 3.57. The summed E-state index contributed by atoms with van der Waals surface area (Å²) in [7, 11) is -4.22. The van der Waals surface area contributed by atoms with E-state index in [0.717, 1.165) is 31.2 Å². The monoisotopic (exact) mass is 436 g/mol. The van der Waals surface area contributed by atoms with Gasteiger partial charge in [0.15, 0.2) is 23.8 Å². The Bertz CT molecular complexity index is 938. The second-order valence-electron chi connectivity index (χ2n) is 8.78. The molecule has 1 aromatic rings. The molecule has 1 unspecified atom stereocenters. The molecule has 1 saturated carbocycles. The Hall–Kier alpha value is -1.47. The molecule has 30 heavy (non-hydrogen) atoms. The summed E-state index contributed by atoms with van der Waals surface area (Å²) in [4.78, 5) is -0.152. The minimum atomic E-state index is -4.22. The van der Waals surface area contributed by atoms with E-state index in [9.17, 15) is 13.5 Å². The molecule has 1 aliphatic carbocycles. The van der Waals surface area contributed by atoms with Gasteiger partial charge in [0, 0.05) is 5.92 Å². The molecule has 3 aliphatic rings. The highest BCUT2D eigenvalue weighted by Crippen LogP contribution is 2.44. The third-order valence-corrected chi connectivity index (χ3v) is 6.90. The molecule has 0 bridgehead atoms. The Kier molecular flexibility index (Phi) is 5.73. The summed E-state index contributed by atoms with van der Waals surface area (Å²) < 4.78 is 49.3. The molecule has 2 saturated heterocycles. The smallest absolute Gasteiger partial charge is 0.294 e. The molecule has 0 radical (unpaired) electrons. The number of hydrogen-bond acceptors (Lipinski definition) is 6. The van der Waals surface area contributed by atoms with Gasteiger partial charge in [-0.3, -0.25) is 4.55 Å². The van der Waals surface area contributed by atoms with Crippen LogP contribution in [-0.4, -0.2) is 48.0 Å². The maximum Gasteiger partial charge on any atom is 0.294 e. The largest absolute Gasteiger partial charge is 0.372 e. The summed E-state index contributed by atoms with van der Waals surface area (Å²) in [5.41, 5.74) is -0.619. The van der Waals surface area contributed by atoms with Gasteiger partial charge >= 0.3 is 0 Å². The molecule has 2 N–H and O–H groups in total. The second kappa shape index (κ2) is 7.90. The number of ether oxygens (including phenoxy) is 3. The lowest BCUT2D eigenvalue weighted by Crippen LogP contribution is -2.48.